The van der Waals surface area contributed by atoms with Crippen LogP contribution >= 0.6 is 11.3 Å². The highest BCUT2D eigenvalue weighted by atomic mass is 32.1. The fraction of sp³-hybridized carbons (Fsp3) is 0.667. The zero-order valence-corrected chi connectivity index (χ0v) is 33.6. The van der Waals surface area contributed by atoms with Gasteiger partial charge < -0.3 is 30.7 Å². The number of likely N-dealkylation sites (N-methyl/N-ethyl adjacent to an activating group) is 1. The van der Waals surface area contributed by atoms with E-state index in [0.717, 1.165) is 37.8 Å². The monoisotopic (exact) mass is 762 g/mol. The average Bonchev–Trinajstić information content (AvgIpc) is 3.62. The molecule has 0 saturated carbocycles. The van der Waals surface area contributed by atoms with Crippen molar-refractivity contribution in [2.24, 2.45) is 11.7 Å². The molecule has 0 bridgehead atoms. The molecule has 14 heteroatoms. The van der Waals surface area contributed by atoms with Crippen molar-refractivity contribution in [3.8, 4) is 0 Å². The van der Waals surface area contributed by atoms with Gasteiger partial charge in [-0.2, -0.15) is 0 Å². The Hall–Kier alpha value is -3.46. The number of nitrogens with zero attached hydrogens (tertiary/aromatic N) is 3. The molecule has 0 radical (unpaired) electrons. The molecule has 1 aromatic heterocycles. The van der Waals surface area contributed by atoms with E-state index >= 15 is 0 Å². The Morgan fingerprint density at radius 3 is 2.36 bits per heavy atom. The van der Waals surface area contributed by atoms with Gasteiger partial charge in [0.15, 0.2) is 0 Å². The van der Waals surface area contributed by atoms with Crippen LogP contribution in [0, 0.1) is 11.7 Å². The van der Waals surface area contributed by atoms with Crippen LogP contribution in [0.25, 0.3) is 0 Å². The van der Waals surface area contributed by atoms with Crippen molar-refractivity contribution < 1.29 is 33.0 Å². The topological polar surface area (TPSA) is 156 Å². The first kappa shape index (κ1) is 45.7. The maximum Gasteiger partial charge on any atom is 0.306 e. The van der Waals surface area contributed by atoms with Gasteiger partial charge in [-0.1, -0.05) is 53.2 Å². The molecule has 1 aromatic carbocycles. The van der Waals surface area contributed by atoms with Gasteiger partial charge in [-0.05, 0) is 76.2 Å². The number of halogens is 1. The summed E-state index contributed by atoms with van der Waals surface area (Å²) in [6, 6.07) is 5.35. The number of hydrogen-bond donors (Lipinski definition) is 3. The van der Waals surface area contributed by atoms with Gasteiger partial charge in [0, 0.05) is 50.0 Å². The largest absolute Gasteiger partial charge is 0.461 e. The average molecular weight is 763 g/mol. The van der Waals surface area contributed by atoms with Gasteiger partial charge in [0.1, 0.15) is 28.7 Å². The minimum atomic E-state index is -0.475. The van der Waals surface area contributed by atoms with E-state index in [1.807, 2.05) is 30.7 Å². The van der Waals surface area contributed by atoms with Crippen molar-refractivity contribution in [3.05, 3.63) is 51.7 Å². The maximum absolute atomic E-state index is 13.6. The van der Waals surface area contributed by atoms with E-state index in [1.54, 1.807) is 24.4 Å². The van der Waals surface area contributed by atoms with Crippen molar-refractivity contribution in [2.75, 3.05) is 46.4 Å². The first-order valence-corrected chi connectivity index (χ1v) is 20.0. The van der Waals surface area contributed by atoms with Crippen LogP contribution in [-0.4, -0.2) is 103 Å². The van der Waals surface area contributed by atoms with Crippen LogP contribution in [-0.2, 0) is 30.3 Å². The quantitative estimate of drug-likeness (QED) is 0.109. The predicted molar refractivity (Wildman–Crippen MR) is 207 cm³/mol. The first-order chi connectivity index (χ1) is 25.3. The van der Waals surface area contributed by atoms with Crippen LogP contribution in [0.1, 0.15) is 114 Å². The van der Waals surface area contributed by atoms with E-state index in [1.165, 1.54) is 23.5 Å². The summed E-state index contributed by atoms with van der Waals surface area (Å²) in [5.41, 5.74) is 6.61. The fourth-order valence-electron chi connectivity index (χ4n) is 5.83. The minimum absolute atomic E-state index is 0.0645. The van der Waals surface area contributed by atoms with Gasteiger partial charge in [-0.3, -0.25) is 24.1 Å². The molecule has 4 atom stereocenters. The van der Waals surface area contributed by atoms with Crippen molar-refractivity contribution in [1.29, 1.82) is 0 Å². The summed E-state index contributed by atoms with van der Waals surface area (Å²) in [5, 5.41) is 8.13. The number of esters is 1. The van der Waals surface area contributed by atoms with Crippen LogP contribution < -0.4 is 16.4 Å². The number of unbranched alkanes of at least 4 members (excludes halogenated alkanes) is 1. The Bertz CT molecular complexity index is 1390. The van der Waals surface area contributed by atoms with Crippen molar-refractivity contribution in [1.82, 2.24) is 25.4 Å². The van der Waals surface area contributed by atoms with E-state index in [0.29, 0.717) is 37.4 Å². The summed E-state index contributed by atoms with van der Waals surface area (Å²) in [7, 11) is 1.90. The fourth-order valence-corrected chi connectivity index (χ4v) is 6.69. The number of carbonyl (C=O) groups is 4. The maximum atomic E-state index is 13.6. The summed E-state index contributed by atoms with van der Waals surface area (Å²) >= 11 is 1.32. The number of nitrogens with one attached hydrogen (secondary N) is 2. The molecule has 4 N–H and O–H groups in total. The molecular weight excluding hydrogens is 700 g/mol. The number of aromatic nitrogens is 1. The van der Waals surface area contributed by atoms with Crippen LogP contribution in [0.15, 0.2) is 29.6 Å². The molecule has 4 unspecified atom stereocenters. The normalized spacial score (nSPS) is 13.7. The summed E-state index contributed by atoms with van der Waals surface area (Å²) < 4.78 is 25.2. The first-order valence-electron chi connectivity index (χ1n) is 19.1. The summed E-state index contributed by atoms with van der Waals surface area (Å²) in [4.78, 5) is 60.7. The minimum Gasteiger partial charge on any atom is -0.461 e. The van der Waals surface area contributed by atoms with Crippen LogP contribution in [0.4, 0.5) is 4.39 Å². The third-order valence-corrected chi connectivity index (χ3v) is 9.74. The Balaban J connectivity index is 2.22. The van der Waals surface area contributed by atoms with Crippen molar-refractivity contribution >= 4 is 35.0 Å². The lowest BCUT2D eigenvalue weighted by Gasteiger charge is -2.36. The van der Waals surface area contributed by atoms with Crippen molar-refractivity contribution in [3.63, 3.8) is 0 Å². The molecule has 0 fully saturated rings. The van der Waals surface area contributed by atoms with Gasteiger partial charge in [-0.25, -0.2) is 9.37 Å². The molecule has 0 aliphatic heterocycles. The lowest BCUT2D eigenvalue weighted by molar-refractivity contribution is -0.148. The van der Waals surface area contributed by atoms with Crippen molar-refractivity contribution in [2.45, 2.75) is 117 Å². The zero-order valence-electron chi connectivity index (χ0n) is 32.8. The Kier molecular flexibility index (Phi) is 21.4. The Morgan fingerprint density at radius 1 is 1.02 bits per heavy atom. The third kappa shape index (κ3) is 17.0. The summed E-state index contributed by atoms with van der Waals surface area (Å²) in [5.74, 6) is -1.45. The second-order valence-corrected chi connectivity index (χ2v) is 14.9. The number of hydrogen-bond acceptors (Lipinski definition) is 10. The molecule has 3 amide bonds. The molecule has 0 aliphatic carbocycles. The molecule has 53 heavy (non-hydrogen) atoms. The second kappa shape index (κ2) is 24.8. The highest BCUT2D eigenvalue weighted by molar-refractivity contribution is 7.09. The summed E-state index contributed by atoms with van der Waals surface area (Å²) in [6.07, 6.45) is 3.86. The highest BCUT2D eigenvalue weighted by Crippen LogP contribution is 2.31. The van der Waals surface area contributed by atoms with Gasteiger partial charge in [0.25, 0.3) is 5.91 Å². The smallest absolute Gasteiger partial charge is 0.306 e. The lowest BCUT2D eigenvalue weighted by atomic mass is 9.95. The number of rotatable bonds is 26. The van der Waals surface area contributed by atoms with E-state index in [2.05, 4.69) is 31.4 Å². The van der Waals surface area contributed by atoms with Gasteiger partial charge >= 0.3 is 5.97 Å². The molecule has 0 aliphatic rings. The number of carbonyl (C=O) groups excluding carboxylic acids is 4. The van der Waals surface area contributed by atoms with Gasteiger partial charge in [0.2, 0.25) is 11.8 Å². The molecule has 0 spiro atoms. The van der Waals surface area contributed by atoms with E-state index in [4.69, 9.17) is 20.2 Å². The molecule has 298 valence electrons. The van der Waals surface area contributed by atoms with E-state index in [9.17, 15) is 23.6 Å². The molecule has 0 saturated heterocycles. The number of thiazole rings is 1. The molecule has 2 rings (SSSR count). The number of nitrogens with two attached hydrogens (primary N) is 1. The SMILES string of the molecule is CCCCN(C)CC(=O)NCC(=O)N(CCC)C(CC(OCCC)c1nc(C(=O)NC(CCC(=O)OC(C)CN)Cc2ccc(F)cc2)cs1)C(C)C. The van der Waals surface area contributed by atoms with Crippen LogP contribution in [0.3, 0.4) is 0 Å². The third-order valence-electron chi connectivity index (χ3n) is 8.80. The van der Waals surface area contributed by atoms with Crippen LogP contribution in [0.2, 0.25) is 0 Å². The summed E-state index contributed by atoms with van der Waals surface area (Å²) in [6.45, 7) is 14.1. The van der Waals surface area contributed by atoms with Gasteiger partial charge in [0.05, 0.1) is 13.1 Å². The second-order valence-electron chi connectivity index (χ2n) is 14.0. The lowest BCUT2D eigenvalue weighted by Crippen LogP contribution is -2.49. The van der Waals surface area contributed by atoms with Crippen LogP contribution in [0.5, 0.6) is 0 Å². The predicted octanol–water partition coefficient (Wildman–Crippen LogP) is 5.26. The zero-order chi connectivity index (χ0) is 39.3. The Morgan fingerprint density at radius 2 is 1.74 bits per heavy atom. The number of ether oxygens (including phenoxy) is 2. The number of amides is 3. The van der Waals surface area contributed by atoms with E-state index in [-0.39, 0.29) is 61.3 Å². The molecule has 2 aromatic rings. The number of benzene rings is 1. The molecule has 12 nitrogen and oxygen atoms in total. The molecule has 1 heterocycles. The highest BCUT2D eigenvalue weighted by Gasteiger charge is 2.31. The Labute approximate surface area is 319 Å². The standard InChI is InChI=1S/C39H63FN6O6S/c1-8-11-19-45(7)25-35(47)42-24-36(48)46(18-9-2)33(27(4)5)22-34(51-20-10-3)39-44-32(26-53-39)38(50)43-31(16-17-37(49)52-28(6)23-41)21-29-12-14-30(40)15-13-29/h12-15,26-28,31,33-34H,8-11,16-25,41H2,1-7H3,(H,42,47)(H,43,50). The molecular formula is C39H63FN6O6S. The van der Waals surface area contributed by atoms with Gasteiger partial charge in [-0.15, -0.1) is 11.3 Å². The van der Waals surface area contributed by atoms with E-state index < -0.39 is 30.1 Å².